The number of hydrogen-bond acceptors (Lipinski definition) is 4. The summed E-state index contributed by atoms with van der Waals surface area (Å²) in [4.78, 5) is 37.2. The average Bonchev–Trinajstić information content (AvgIpc) is 2.78. The molecule has 0 unspecified atom stereocenters. The third-order valence-corrected chi connectivity index (χ3v) is 4.74. The normalized spacial score (nSPS) is 15.2. The minimum atomic E-state index is -0.599. The molecule has 5 nitrogen and oxygen atoms in total. The largest absolute Gasteiger partial charge is 0.466 e. The van der Waals surface area contributed by atoms with E-state index >= 15 is 0 Å². The van der Waals surface area contributed by atoms with E-state index in [9.17, 15) is 14.4 Å². The summed E-state index contributed by atoms with van der Waals surface area (Å²) in [5.41, 5.74) is 1.65. The Labute approximate surface area is 149 Å². The highest BCUT2D eigenvalue weighted by Crippen LogP contribution is 2.43. The maximum absolute atomic E-state index is 12.8. The first-order chi connectivity index (χ1) is 11.9. The maximum atomic E-state index is 12.8. The zero-order valence-electron chi connectivity index (χ0n) is 15.3. The Kier molecular flexibility index (Phi) is 6.34. The lowest BCUT2D eigenvalue weighted by Crippen LogP contribution is -2.36. The third kappa shape index (κ3) is 4.09. The molecule has 0 bridgehead atoms. The summed E-state index contributed by atoms with van der Waals surface area (Å²) in [5.74, 6) is -0.105. The molecule has 1 aliphatic heterocycles. The number of benzene rings is 1. The van der Waals surface area contributed by atoms with Gasteiger partial charge in [-0.3, -0.25) is 14.4 Å². The van der Waals surface area contributed by atoms with E-state index in [2.05, 4.69) is 0 Å². The second kappa shape index (κ2) is 8.28. The number of amides is 1. The third-order valence-electron chi connectivity index (χ3n) is 4.74. The molecule has 5 heteroatoms. The summed E-state index contributed by atoms with van der Waals surface area (Å²) in [6.45, 7) is 6.63. The van der Waals surface area contributed by atoms with Crippen LogP contribution in [0.3, 0.4) is 0 Å². The van der Waals surface area contributed by atoms with E-state index in [0.29, 0.717) is 25.1 Å². The number of anilines is 1. The van der Waals surface area contributed by atoms with Crippen molar-refractivity contribution in [2.45, 2.75) is 58.3 Å². The van der Waals surface area contributed by atoms with Crippen molar-refractivity contribution in [3.63, 3.8) is 0 Å². The van der Waals surface area contributed by atoms with Crippen LogP contribution in [0.4, 0.5) is 5.69 Å². The Morgan fingerprint density at radius 2 is 1.92 bits per heavy atom. The van der Waals surface area contributed by atoms with Gasteiger partial charge in [-0.1, -0.05) is 25.0 Å². The van der Waals surface area contributed by atoms with Gasteiger partial charge in [-0.05, 0) is 45.2 Å². The quantitative estimate of drug-likeness (QED) is 0.389. The molecule has 1 amide bonds. The van der Waals surface area contributed by atoms with Crippen molar-refractivity contribution in [2.24, 2.45) is 0 Å². The highest BCUT2D eigenvalue weighted by molar-refractivity contribution is 6.10. The molecule has 0 atom stereocenters. The fourth-order valence-corrected chi connectivity index (χ4v) is 3.36. The number of fused-ring (bicyclic) bond motifs is 1. The molecule has 0 N–H and O–H groups in total. The molecule has 136 valence electrons. The Balaban J connectivity index is 1.92. The summed E-state index contributed by atoms with van der Waals surface area (Å²) in [6.07, 6.45) is 4.77. The number of esters is 1. The fraction of sp³-hybridized carbons (Fsp3) is 0.550. The Morgan fingerprint density at radius 1 is 1.20 bits per heavy atom. The van der Waals surface area contributed by atoms with Gasteiger partial charge >= 0.3 is 5.97 Å². The molecule has 1 aromatic rings. The molecular weight excluding hydrogens is 318 g/mol. The molecule has 0 fully saturated rings. The molecule has 1 heterocycles. The van der Waals surface area contributed by atoms with E-state index in [1.54, 1.807) is 17.9 Å². The zero-order valence-corrected chi connectivity index (χ0v) is 15.3. The predicted molar refractivity (Wildman–Crippen MR) is 96.9 cm³/mol. The molecule has 0 aliphatic carbocycles. The molecule has 0 spiro atoms. The average molecular weight is 345 g/mol. The molecule has 0 saturated carbocycles. The molecule has 1 aliphatic rings. The molecule has 25 heavy (non-hydrogen) atoms. The molecular formula is C20H27NO4. The highest BCUT2D eigenvalue weighted by atomic mass is 16.5. The van der Waals surface area contributed by atoms with Gasteiger partial charge in [0.25, 0.3) is 0 Å². The van der Waals surface area contributed by atoms with Crippen LogP contribution in [0.25, 0.3) is 0 Å². The maximum Gasteiger partial charge on any atom is 0.305 e. The van der Waals surface area contributed by atoms with Crippen molar-refractivity contribution in [3.05, 3.63) is 29.3 Å². The molecule has 0 radical (unpaired) electrons. The van der Waals surface area contributed by atoms with Crippen LogP contribution < -0.4 is 4.90 Å². The van der Waals surface area contributed by atoms with Crippen LogP contribution in [-0.4, -0.2) is 31.3 Å². The number of rotatable bonds is 9. The summed E-state index contributed by atoms with van der Waals surface area (Å²) < 4.78 is 4.91. The number of ether oxygens (including phenoxy) is 1. The number of nitrogens with zero attached hydrogens (tertiary/aromatic N) is 1. The predicted octanol–water partition coefficient (Wildman–Crippen LogP) is 3.64. The number of hydrogen-bond donors (Lipinski definition) is 0. The minimum absolute atomic E-state index is 0.0447. The van der Waals surface area contributed by atoms with Crippen molar-refractivity contribution >= 4 is 23.9 Å². The fourth-order valence-electron chi connectivity index (χ4n) is 3.36. The zero-order chi connectivity index (χ0) is 18.4. The van der Waals surface area contributed by atoms with Crippen LogP contribution in [0, 0.1) is 0 Å². The molecule has 1 aromatic carbocycles. The van der Waals surface area contributed by atoms with Gasteiger partial charge in [-0.15, -0.1) is 0 Å². The highest BCUT2D eigenvalue weighted by Gasteiger charge is 2.44. The van der Waals surface area contributed by atoms with E-state index < -0.39 is 5.41 Å². The minimum Gasteiger partial charge on any atom is -0.466 e. The van der Waals surface area contributed by atoms with Crippen LogP contribution in [0.15, 0.2) is 18.2 Å². The first-order valence-corrected chi connectivity index (χ1v) is 8.99. The first kappa shape index (κ1) is 19.2. The summed E-state index contributed by atoms with van der Waals surface area (Å²) >= 11 is 0. The summed E-state index contributed by atoms with van der Waals surface area (Å²) in [7, 11) is 0. The monoisotopic (exact) mass is 345 g/mol. The smallest absolute Gasteiger partial charge is 0.305 e. The lowest BCUT2D eigenvalue weighted by molar-refractivity contribution is -0.143. The SMILES string of the molecule is CCOC(=O)CCCCCCN1C(=O)C(C)(C)c2cccc(C=O)c21. The van der Waals surface area contributed by atoms with E-state index in [1.165, 1.54) is 0 Å². The number of carbonyl (C=O) groups is 3. The number of aldehydes is 1. The van der Waals surface area contributed by atoms with Crippen molar-refractivity contribution in [1.82, 2.24) is 0 Å². The molecule has 0 saturated heterocycles. The van der Waals surface area contributed by atoms with E-state index in [0.717, 1.165) is 43.2 Å². The molecule has 2 rings (SSSR count). The Bertz CT molecular complexity index is 651. The van der Waals surface area contributed by atoms with Crippen LogP contribution >= 0.6 is 0 Å². The number of carbonyl (C=O) groups excluding carboxylic acids is 3. The molecule has 0 aromatic heterocycles. The van der Waals surface area contributed by atoms with Crippen molar-refractivity contribution in [1.29, 1.82) is 0 Å². The summed E-state index contributed by atoms with van der Waals surface area (Å²) in [6, 6.07) is 5.52. The van der Waals surface area contributed by atoms with Gasteiger partial charge < -0.3 is 9.64 Å². The lowest BCUT2D eigenvalue weighted by Gasteiger charge is -2.20. The Morgan fingerprint density at radius 3 is 2.60 bits per heavy atom. The van der Waals surface area contributed by atoms with Crippen LogP contribution in [0.5, 0.6) is 0 Å². The van der Waals surface area contributed by atoms with E-state index in [-0.39, 0.29) is 11.9 Å². The number of para-hydroxylation sites is 1. The van der Waals surface area contributed by atoms with E-state index in [4.69, 9.17) is 4.74 Å². The topological polar surface area (TPSA) is 63.7 Å². The second-order valence-electron chi connectivity index (χ2n) is 6.91. The van der Waals surface area contributed by atoms with E-state index in [1.807, 2.05) is 26.0 Å². The van der Waals surface area contributed by atoms with Crippen molar-refractivity contribution in [2.75, 3.05) is 18.1 Å². The Hall–Kier alpha value is -2.17. The first-order valence-electron chi connectivity index (χ1n) is 8.99. The second-order valence-corrected chi connectivity index (χ2v) is 6.91. The van der Waals surface area contributed by atoms with Crippen LogP contribution in [0.1, 0.15) is 68.8 Å². The van der Waals surface area contributed by atoms with Crippen LogP contribution in [0.2, 0.25) is 0 Å². The van der Waals surface area contributed by atoms with Gasteiger partial charge in [-0.25, -0.2) is 0 Å². The number of unbranched alkanes of at least 4 members (excludes halogenated alkanes) is 3. The van der Waals surface area contributed by atoms with Crippen molar-refractivity contribution < 1.29 is 19.1 Å². The van der Waals surface area contributed by atoms with Gasteiger partial charge in [0.05, 0.1) is 17.7 Å². The van der Waals surface area contributed by atoms with Gasteiger partial charge in [0, 0.05) is 18.5 Å². The van der Waals surface area contributed by atoms with Gasteiger partial charge in [0.2, 0.25) is 5.91 Å². The van der Waals surface area contributed by atoms with Gasteiger partial charge in [-0.2, -0.15) is 0 Å². The van der Waals surface area contributed by atoms with Crippen molar-refractivity contribution in [3.8, 4) is 0 Å². The standard InChI is InChI=1S/C20H27NO4/c1-4-25-17(23)12-7-5-6-8-13-21-18-15(14-22)10-9-11-16(18)20(2,3)19(21)24/h9-11,14H,4-8,12-13H2,1-3H3. The van der Waals surface area contributed by atoms with Gasteiger partial charge in [0.15, 0.2) is 6.29 Å². The lowest BCUT2D eigenvalue weighted by atomic mass is 9.85. The van der Waals surface area contributed by atoms with Crippen LogP contribution in [-0.2, 0) is 19.7 Å². The van der Waals surface area contributed by atoms with Gasteiger partial charge in [0.1, 0.15) is 0 Å². The summed E-state index contributed by atoms with van der Waals surface area (Å²) in [5, 5.41) is 0.